The topological polar surface area (TPSA) is 435 Å². The van der Waals surface area contributed by atoms with Gasteiger partial charge in [-0.15, -0.1) is 23.5 Å². The van der Waals surface area contributed by atoms with Crippen LogP contribution in [0.25, 0.3) is 22.0 Å². The van der Waals surface area contributed by atoms with Crippen LogP contribution < -0.4 is 63.2 Å². The second-order valence-corrected chi connectivity index (χ2v) is 38.0. The monoisotopic (exact) mass is 1780 g/mol. The van der Waals surface area contributed by atoms with Gasteiger partial charge in [0.05, 0.1) is 40.7 Å². The van der Waals surface area contributed by atoms with Crippen LogP contribution >= 0.6 is 23.5 Å². The number of nitrogens with one attached hydrogen (secondary N) is 11. The number of hydrogen-bond donors (Lipinski definition) is 12. The third-order valence-electron chi connectivity index (χ3n) is 19.2. The zero-order valence-electron chi connectivity index (χ0n) is 75.5. The maximum absolute atomic E-state index is 16.1. The highest BCUT2D eigenvalue weighted by atomic mass is 32.2. The number of carboxylic acids is 1. The van der Waals surface area contributed by atoms with Crippen molar-refractivity contribution in [2.75, 3.05) is 36.4 Å². The lowest BCUT2D eigenvalue weighted by Crippen LogP contribution is -2.63. The van der Waals surface area contributed by atoms with Gasteiger partial charge >= 0.3 is 24.2 Å². The summed E-state index contributed by atoms with van der Waals surface area (Å²) in [7, 11) is 0. The molecule has 1 aliphatic rings. The van der Waals surface area contributed by atoms with Crippen LogP contribution in [-0.2, 0) is 90.9 Å². The number of ether oxygens (including phenoxy) is 6. The fraction of sp³-hybridized carbons (Fsp3) is 0.511. The Morgan fingerprint density at radius 3 is 1.38 bits per heavy atom. The van der Waals surface area contributed by atoms with Gasteiger partial charge in [-0.25, -0.2) is 19.2 Å². The van der Waals surface area contributed by atoms with E-state index in [9.17, 15) is 38.7 Å². The molecule has 12 N–H and O–H groups in total. The van der Waals surface area contributed by atoms with Crippen LogP contribution in [0, 0.1) is 0 Å². The summed E-state index contributed by atoms with van der Waals surface area (Å²) in [6.45, 7) is 31.3. The number of aliphatic carboxylic acids is 1. The standard InChI is InChI=1S/C92H126N12O20S2/c1-54(120-88(5,6)7)75(83(113)100-73(51-126-53-95-57(4)106)82(112)103-76(84(114)115)55(2)121-89(8,9)10)102-77(107)68(38-29-30-44-93-85(116)123-91(14,15)16)96-80(110)71(47-60-48-104(87(118)124-92(17,18)19)74-39-28-27-33-62(60)74)98-78(108)69(46-59-40-42-61(43-41-59)122-90(11,12)13)97-81(111)72(50-125-52-94-56(3)105)99-79(109)70(45-58-31-21-20-22-32-58)101-86(117)119-49-67-65-36-25-23-34-63(65)64-35-24-26-37-66(64)67/h20-28,31-37,39-43,48,54-55,67-73,75-76H,29-30,38,44-47,49-53H2,1-19H3,(H,93,116)(H,94,105)(H,95,106)(H,96,110)(H,97,111)(H,98,108)(H,99,109)(H,100,113)(H,101,117)(H,102,107)(H,103,112)(H,114,115)/t54-,55-,68+,69+,70-,71-,72+,73+,75+,76+/m1/s1. The van der Waals surface area contributed by atoms with Gasteiger partial charge in [0.1, 0.15) is 71.5 Å². The Morgan fingerprint density at radius 2 is 0.865 bits per heavy atom. The summed E-state index contributed by atoms with van der Waals surface area (Å²) in [6, 6.07) is 24.9. The Kier molecular flexibility index (Phi) is 37.4. The predicted molar refractivity (Wildman–Crippen MR) is 482 cm³/mol. The Morgan fingerprint density at radius 1 is 0.429 bits per heavy atom. The third-order valence-corrected chi connectivity index (χ3v) is 21.0. The molecule has 34 heteroatoms. The van der Waals surface area contributed by atoms with E-state index in [1.165, 1.54) is 38.5 Å². The van der Waals surface area contributed by atoms with Crippen LogP contribution in [0.4, 0.5) is 14.4 Å². The van der Waals surface area contributed by atoms with Gasteiger partial charge in [-0.2, -0.15) is 0 Å². The SMILES string of the molecule is CC(=O)NCSC[C@H](NC(=O)[C@@H](NC(=O)[C@H](CCCCNC(=O)OC(C)(C)C)NC(=O)[C@@H](Cc1cn(C(=O)OC(C)(C)C)c2ccccc12)NC(=O)[C@H](Cc1ccc(OC(C)(C)C)cc1)NC(=O)[C@H](CSCNC(C)=O)NC(=O)[C@@H](Cc1ccccc1)NC(=O)OCC1c2ccccc2-c2ccccc21)[C@@H](C)OC(C)(C)C)C(=O)N[C@H](C(=O)O)[C@@H](C)OC(C)(C)C. The quantitative estimate of drug-likeness (QED) is 0.00963. The summed E-state index contributed by atoms with van der Waals surface area (Å²) in [5, 5.41) is 40.9. The smallest absolute Gasteiger partial charge is 0.419 e. The highest BCUT2D eigenvalue weighted by molar-refractivity contribution is 7.99. The average Bonchev–Trinajstić information content (AvgIpc) is 1.62. The van der Waals surface area contributed by atoms with E-state index in [0.717, 1.165) is 45.8 Å². The van der Waals surface area contributed by atoms with Crippen molar-refractivity contribution in [3.8, 4) is 16.9 Å². The molecule has 0 unspecified atom stereocenters. The molecule has 0 aliphatic heterocycles. The molecule has 32 nitrogen and oxygen atoms in total. The zero-order chi connectivity index (χ0) is 93.2. The van der Waals surface area contributed by atoms with Crippen molar-refractivity contribution in [2.45, 2.75) is 265 Å². The number of fused-ring (bicyclic) bond motifs is 4. The van der Waals surface area contributed by atoms with Gasteiger partial charge in [0.15, 0.2) is 6.04 Å². The number of carboxylic acid groups (broad SMARTS) is 1. The van der Waals surface area contributed by atoms with Crippen molar-refractivity contribution in [1.82, 2.24) is 63.1 Å². The number of carbonyl (C=O) groups excluding carboxylic acids is 12. The highest BCUT2D eigenvalue weighted by Gasteiger charge is 2.41. The van der Waals surface area contributed by atoms with E-state index in [1.54, 1.807) is 162 Å². The van der Waals surface area contributed by atoms with Crippen LogP contribution in [0.3, 0.4) is 0 Å². The number of aromatic nitrogens is 1. The first-order valence-electron chi connectivity index (χ1n) is 42.1. The first-order valence-corrected chi connectivity index (χ1v) is 44.4. The summed E-state index contributed by atoms with van der Waals surface area (Å²) < 4.78 is 37.0. The molecule has 5 aromatic carbocycles. The van der Waals surface area contributed by atoms with E-state index in [0.29, 0.717) is 33.3 Å². The molecule has 6 aromatic rings. The van der Waals surface area contributed by atoms with Gasteiger partial charge in [0, 0.05) is 68.7 Å². The van der Waals surface area contributed by atoms with E-state index in [4.69, 9.17) is 28.4 Å². The number of rotatable bonds is 42. The lowest BCUT2D eigenvalue weighted by molar-refractivity contribution is -0.150. The summed E-state index contributed by atoms with van der Waals surface area (Å²) in [6.07, 6.45) is -4.22. The molecule has 0 saturated heterocycles. The number of benzene rings is 5. The van der Waals surface area contributed by atoms with Crippen molar-refractivity contribution in [3.05, 3.63) is 161 Å². The Balaban J connectivity index is 1.31. The minimum atomic E-state index is -1.77. The molecule has 0 fully saturated rings. The van der Waals surface area contributed by atoms with Crippen LogP contribution in [0.2, 0.25) is 0 Å². The molecule has 1 aliphatic carbocycles. The molecule has 0 radical (unpaired) electrons. The van der Waals surface area contributed by atoms with Gasteiger partial charge in [0.2, 0.25) is 53.2 Å². The van der Waals surface area contributed by atoms with Gasteiger partial charge in [0.25, 0.3) is 0 Å². The largest absolute Gasteiger partial charge is 0.488 e. The Labute approximate surface area is 746 Å². The van der Waals surface area contributed by atoms with Gasteiger partial charge in [-0.3, -0.25) is 47.7 Å². The molecule has 7 rings (SSSR count). The molecule has 10 atom stereocenters. The number of unbranched alkanes of at least 4 members (excludes halogenated alkanes) is 1. The van der Waals surface area contributed by atoms with Crippen molar-refractivity contribution in [3.63, 3.8) is 0 Å². The lowest BCUT2D eigenvalue weighted by Gasteiger charge is -2.33. The van der Waals surface area contributed by atoms with Gasteiger partial charge in [-0.1, -0.05) is 109 Å². The number of carbonyl (C=O) groups is 13. The highest BCUT2D eigenvalue weighted by Crippen LogP contribution is 2.44. The van der Waals surface area contributed by atoms with Gasteiger partial charge in [-0.05, 0) is 194 Å². The number of hydrogen-bond acceptors (Lipinski definition) is 21. The average molecular weight is 1780 g/mol. The minimum Gasteiger partial charge on any atom is -0.488 e. The van der Waals surface area contributed by atoms with E-state index in [2.05, 4.69) is 58.5 Å². The molecular weight excluding hydrogens is 1660 g/mol. The molecular formula is C92H126N12O20S2. The number of amides is 11. The van der Waals surface area contributed by atoms with E-state index in [1.807, 2.05) is 69.3 Å². The maximum Gasteiger partial charge on any atom is 0.419 e. The second-order valence-electron chi connectivity index (χ2n) is 35.9. The van der Waals surface area contributed by atoms with Crippen LogP contribution in [-0.4, -0.2) is 212 Å². The Bertz CT molecular complexity index is 4720. The van der Waals surface area contributed by atoms with E-state index < -0.39 is 172 Å². The molecule has 0 spiro atoms. The number of nitrogens with zero attached hydrogens (tertiary/aromatic N) is 1. The predicted octanol–water partition coefficient (Wildman–Crippen LogP) is 9.77. The summed E-state index contributed by atoms with van der Waals surface area (Å²) in [5.74, 6) is -9.51. The molecule has 11 amide bonds. The summed E-state index contributed by atoms with van der Waals surface area (Å²) in [4.78, 5) is 187. The molecule has 0 bridgehead atoms. The molecule has 0 saturated carbocycles. The zero-order valence-corrected chi connectivity index (χ0v) is 77.1. The fourth-order valence-electron chi connectivity index (χ4n) is 13.8. The normalized spacial score (nSPS) is 14.6. The maximum atomic E-state index is 16.1. The molecule has 126 heavy (non-hydrogen) atoms. The van der Waals surface area contributed by atoms with E-state index in [-0.39, 0.29) is 74.4 Å². The lowest BCUT2D eigenvalue weighted by atomic mass is 9.98. The number of thioether (sulfide) groups is 2. The number of alkyl carbamates (subject to hydrolysis) is 2. The first kappa shape index (κ1) is 102. The summed E-state index contributed by atoms with van der Waals surface area (Å²) in [5.41, 5.74) is 1.23. The van der Waals surface area contributed by atoms with Crippen molar-refractivity contribution >= 4 is 112 Å². The van der Waals surface area contributed by atoms with Crippen LogP contribution in [0.1, 0.15) is 185 Å². The van der Waals surface area contributed by atoms with Crippen LogP contribution in [0.5, 0.6) is 5.75 Å². The molecule has 1 heterocycles. The number of para-hydroxylation sites is 1. The van der Waals surface area contributed by atoms with Gasteiger partial charge < -0.3 is 92.0 Å². The van der Waals surface area contributed by atoms with Crippen molar-refractivity contribution in [2.24, 2.45) is 0 Å². The van der Waals surface area contributed by atoms with E-state index >= 15 is 28.8 Å². The fourth-order valence-corrected chi connectivity index (χ4v) is 15.6. The third kappa shape index (κ3) is 33.9. The first-order chi connectivity index (χ1) is 59.0. The molecule has 686 valence electrons. The summed E-state index contributed by atoms with van der Waals surface area (Å²) >= 11 is 2.06. The van der Waals surface area contributed by atoms with Crippen LogP contribution in [0.15, 0.2) is 134 Å². The van der Waals surface area contributed by atoms with Crippen molar-refractivity contribution in [1.29, 1.82) is 0 Å². The Hall–Kier alpha value is -11.2. The second kappa shape index (κ2) is 46.3. The minimum absolute atomic E-state index is 0.0107. The molecule has 1 aromatic heterocycles. The van der Waals surface area contributed by atoms with Crippen molar-refractivity contribution < 1.29 is 95.9 Å².